The zero-order valence-corrected chi connectivity index (χ0v) is 54.4. The molecule has 0 aromatic heterocycles. The summed E-state index contributed by atoms with van der Waals surface area (Å²) in [4.78, 5) is 38.3. The molecule has 6 heteroatoms. The Bertz CT molecular complexity index is 1700. The van der Waals surface area contributed by atoms with Crippen LogP contribution < -0.4 is 0 Å². The van der Waals surface area contributed by atoms with Crippen molar-refractivity contribution >= 4 is 17.9 Å². The van der Waals surface area contributed by atoms with Crippen molar-refractivity contribution in [1.82, 2.24) is 0 Å². The molecular weight excluding hydrogens is 1020 g/mol. The molecule has 0 bridgehead atoms. The summed E-state index contributed by atoms with van der Waals surface area (Å²) in [6.07, 6.45) is 98.0. The van der Waals surface area contributed by atoms with Gasteiger partial charge in [-0.3, -0.25) is 14.4 Å². The van der Waals surface area contributed by atoms with Crippen LogP contribution in [0.1, 0.15) is 329 Å². The van der Waals surface area contributed by atoms with E-state index in [9.17, 15) is 14.4 Å². The number of hydrogen-bond acceptors (Lipinski definition) is 6. The minimum atomic E-state index is -0.786. The van der Waals surface area contributed by atoms with Gasteiger partial charge in [-0.05, 0) is 116 Å². The molecule has 83 heavy (non-hydrogen) atoms. The van der Waals surface area contributed by atoms with E-state index in [2.05, 4.69) is 142 Å². The highest BCUT2D eigenvalue weighted by Gasteiger charge is 2.19. The highest BCUT2D eigenvalue weighted by Crippen LogP contribution is 2.17. The SMILES string of the molecule is CC/C=C\C/C=C\C/C=C\C/C=C\C/C=C\C/C=C\C/C=C\CCCCCCCCCCCCCCCC(=O)OCC(COC(=O)CCCCCCCCCCCCC)OC(=O)CCCCCCCC/C=C\C/C=C\C/C=C\CCCCC. The normalized spacial score (nSPS) is 12.9. The van der Waals surface area contributed by atoms with E-state index in [1.807, 2.05) is 0 Å². The standard InChI is InChI=1S/C77H130O6/c1-4-7-10-13-16-19-22-24-26-28-30-31-32-33-34-35-36-37-38-39-40-41-42-43-44-45-47-48-50-52-55-58-61-64-67-70-76(79)82-73-74(72-81-75(78)69-66-63-60-57-54-21-18-15-12-9-6-3)83-77(80)71-68-65-62-59-56-53-51-49-46-29-27-25-23-20-17-14-11-8-5-2/h7,10,16-17,19-20,24-27,30-31,33-34,36-37,39-40,46,49,74H,4-6,8-9,11-15,18,21-23,28-29,32,35,38,41-45,47-48,50-73H2,1-3H3/b10-7-,19-16-,20-17-,26-24-,27-25-,31-30-,34-33-,37-36-,40-39-,49-46-. The van der Waals surface area contributed by atoms with E-state index in [1.54, 1.807) is 0 Å². The van der Waals surface area contributed by atoms with Crippen LogP contribution in [0.15, 0.2) is 122 Å². The van der Waals surface area contributed by atoms with Gasteiger partial charge in [0, 0.05) is 19.3 Å². The van der Waals surface area contributed by atoms with Gasteiger partial charge >= 0.3 is 17.9 Å². The lowest BCUT2D eigenvalue weighted by atomic mass is 10.0. The Hall–Kier alpha value is -4.19. The van der Waals surface area contributed by atoms with E-state index < -0.39 is 6.10 Å². The van der Waals surface area contributed by atoms with E-state index in [0.29, 0.717) is 19.3 Å². The summed E-state index contributed by atoms with van der Waals surface area (Å²) >= 11 is 0. The second-order valence-electron chi connectivity index (χ2n) is 23.1. The molecule has 0 aliphatic carbocycles. The average Bonchev–Trinajstić information content (AvgIpc) is 3.48. The fraction of sp³-hybridized carbons (Fsp3) is 0.701. The van der Waals surface area contributed by atoms with Crippen LogP contribution in [0, 0.1) is 0 Å². The van der Waals surface area contributed by atoms with Crippen LogP contribution in [0.25, 0.3) is 0 Å². The maximum absolute atomic E-state index is 12.9. The molecule has 0 aromatic carbocycles. The van der Waals surface area contributed by atoms with Crippen molar-refractivity contribution < 1.29 is 28.6 Å². The summed E-state index contributed by atoms with van der Waals surface area (Å²) < 4.78 is 16.9. The Labute approximate surface area is 513 Å². The molecule has 0 rings (SSSR count). The summed E-state index contributed by atoms with van der Waals surface area (Å²) in [6.45, 7) is 6.50. The van der Waals surface area contributed by atoms with Crippen LogP contribution >= 0.6 is 0 Å². The summed E-state index contributed by atoms with van der Waals surface area (Å²) in [7, 11) is 0. The Balaban J connectivity index is 4.19. The number of ether oxygens (including phenoxy) is 3. The highest BCUT2D eigenvalue weighted by atomic mass is 16.6. The molecule has 0 heterocycles. The second kappa shape index (κ2) is 70.3. The minimum absolute atomic E-state index is 0.0811. The van der Waals surface area contributed by atoms with Crippen LogP contribution in [0.5, 0.6) is 0 Å². The first-order valence-corrected chi connectivity index (χ1v) is 35.0. The molecule has 0 aromatic rings. The monoisotopic (exact) mass is 1150 g/mol. The van der Waals surface area contributed by atoms with Crippen LogP contribution in [-0.2, 0) is 28.6 Å². The van der Waals surface area contributed by atoms with E-state index in [-0.39, 0.29) is 31.1 Å². The van der Waals surface area contributed by atoms with Crippen molar-refractivity contribution in [3.05, 3.63) is 122 Å². The number of carbonyl (C=O) groups is 3. The molecule has 6 nitrogen and oxygen atoms in total. The molecule has 0 saturated heterocycles. The third-order valence-corrected chi connectivity index (χ3v) is 15.0. The quantitative estimate of drug-likeness (QED) is 0.0261. The predicted molar refractivity (Wildman–Crippen MR) is 362 cm³/mol. The highest BCUT2D eigenvalue weighted by molar-refractivity contribution is 5.71. The molecule has 0 radical (unpaired) electrons. The molecule has 474 valence electrons. The van der Waals surface area contributed by atoms with Crippen LogP contribution in [0.4, 0.5) is 0 Å². The van der Waals surface area contributed by atoms with Gasteiger partial charge < -0.3 is 14.2 Å². The van der Waals surface area contributed by atoms with Gasteiger partial charge in [-0.25, -0.2) is 0 Å². The summed E-state index contributed by atoms with van der Waals surface area (Å²) in [5.41, 5.74) is 0. The molecule has 1 atom stereocenters. The Kier molecular flexibility index (Phi) is 66.7. The average molecular weight is 1150 g/mol. The van der Waals surface area contributed by atoms with E-state index in [4.69, 9.17) is 14.2 Å². The third-order valence-electron chi connectivity index (χ3n) is 15.0. The van der Waals surface area contributed by atoms with Crippen molar-refractivity contribution in [2.75, 3.05) is 13.2 Å². The van der Waals surface area contributed by atoms with Gasteiger partial charge in [0.1, 0.15) is 13.2 Å². The zero-order chi connectivity index (χ0) is 59.9. The minimum Gasteiger partial charge on any atom is -0.462 e. The van der Waals surface area contributed by atoms with Crippen molar-refractivity contribution in [3.63, 3.8) is 0 Å². The fourth-order valence-electron chi connectivity index (χ4n) is 9.73. The van der Waals surface area contributed by atoms with Crippen LogP contribution in [0.3, 0.4) is 0 Å². The summed E-state index contributed by atoms with van der Waals surface area (Å²) in [6, 6.07) is 0. The molecule has 1 unspecified atom stereocenters. The Morgan fingerprint density at radius 3 is 0.759 bits per heavy atom. The number of esters is 3. The van der Waals surface area contributed by atoms with E-state index in [1.165, 1.54) is 161 Å². The molecular formula is C77H130O6. The Morgan fingerprint density at radius 2 is 0.470 bits per heavy atom. The topological polar surface area (TPSA) is 78.9 Å². The second-order valence-corrected chi connectivity index (χ2v) is 23.1. The number of allylic oxidation sites excluding steroid dienone is 20. The van der Waals surface area contributed by atoms with Crippen molar-refractivity contribution in [2.24, 2.45) is 0 Å². The van der Waals surface area contributed by atoms with Gasteiger partial charge in [-0.15, -0.1) is 0 Å². The molecule has 0 amide bonds. The van der Waals surface area contributed by atoms with Crippen LogP contribution in [-0.4, -0.2) is 37.2 Å². The fourth-order valence-corrected chi connectivity index (χ4v) is 9.73. The largest absolute Gasteiger partial charge is 0.462 e. The van der Waals surface area contributed by atoms with Crippen molar-refractivity contribution in [3.8, 4) is 0 Å². The summed E-state index contributed by atoms with van der Waals surface area (Å²) in [5, 5.41) is 0. The smallest absolute Gasteiger partial charge is 0.306 e. The first-order valence-electron chi connectivity index (χ1n) is 35.0. The lowest BCUT2D eigenvalue weighted by molar-refractivity contribution is -0.167. The first kappa shape index (κ1) is 78.8. The lowest BCUT2D eigenvalue weighted by Crippen LogP contribution is -2.30. The van der Waals surface area contributed by atoms with Crippen LogP contribution in [0.2, 0.25) is 0 Å². The van der Waals surface area contributed by atoms with Gasteiger partial charge in [-0.2, -0.15) is 0 Å². The molecule has 0 N–H and O–H groups in total. The maximum Gasteiger partial charge on any atom is 0.306 e. The number of carbonyl (C=O) groups excluding carboxylic acids is 3. The zero-order valence-electron chi connectivity index (χ0n) is 54.4. The van der Waals surface area contributed by atoms with E-state index >= 15 is 0 Å². The lowest BCUT2D eigenvalue weighted by Gasteiger charge is -2.18. The first-order chi connectivity index (χ1) is 41.0. The maximum atomic E-state index is 12.9. The number of unbranched alkanes of at least 4 members (excludes halogenated alkanes) is 32. The molecule has 0 aliphatic rings. The molecule has 0 aliphatic heterocycles. The van der Waals surface area contributed by atoms with Crippen molar-refractivity contribution in [1.29, 1.82) is 0 Å². The number of hydrogen-bond donors (Lipinski definition) is 0. The van der Waals surface area contributed by atoms with Gasteiger partial charge in [-0.1, -0.05) is 316 Å². The molecule has 0 fully saturated rings. The van der Waals surface area contributed by atoms with Crippen molar-refractivity contribution in [2.45, 2.75) is 335 Å². The number of rotatable bonds is 63. The summed E-state index contributed by atoms with van der Waals surface area (Å²) in [5.74, 6) is -0.885. The molecule has 0 spiro atoms. The van der Waals surface area contributed by atoms with Gasteiger partial charge in [0.05, 0.1) is 0 Å². The molecule has 0 saturated carbocycles. The van der Waals surface area contributed by atoms with Gasteiger partial charge in [0.15, 0.2) is 6.10 Å². The van der Waals surface area contributed by atoms with Gasteiger partial charge in [0.2, 0.25) is 0 Å². The van der Waals surface area contributed by atoms with Gasteiger partial charge in [0.25, 0.3) is 0 Å². The van der Waals surface area contributed by atoms with E-state index in [0.717, 1.165) is 128 Å². The Morgan fingerprint density at radius 1 is 0.253 bits per heavy atom. The predicted octanol–water partition coefficient (Wildman–Crippen LogP) is 24.3. The third kappa shape index (κ3) is 68.5.